The number of nitrogens with one attached hydrogen (secondary N) is 1. The van der Waals surface area contributed by atoms with Crippen LogP contribution >= 0.6 is 11.3 Å². The van der Waals surface area contributed by atoms with E-state index in [9.17, 15) is 0 Å². The molecule has 0 aliphatic carbocycles. The molecule has 0 saturated carbocycles. The van der Waals surface area contributed by atoms with Gasteiger partial charge in [-0.2, -0.15) is 0 Å². The van der Waals surface area contributed by atoms with Crippen molar-refractivity contribution in [1.82, 2.24) is 0 Å². The van der Waals surface area contributed by atoms with Crippen LogP contribution < -0.4 is 5.48 Å². The van der Waals surface area contributed by atoms with E-state index >= 15 is 0 Å². The van der Waals surface area contributed by atoms with E-state index in [-0.39, 0.29) is 0 Å². The fraction of sp³-hybridized carbons (Fsp3) is 0.125. The topological polar surface area (TPSA) is 21.3 Å². The minimum atomic E-state index is 0.973. The summed E-state index contributed by atoms with van der Waals surface area (Å²) in [5.41, 5.74) is 7.24. The van der Waals surface area contributed by atoms with Crippen LogP contribution in [-0.4, -0.2) is 7.11 Å². The molecule has 2 nitrogen and oxygen atoms in total. The van der Waals surface area contributed by atoms with E-state index in [2.05, 4.69) is 36.3 Å². The first-order chi connectivity index (χ1) is 9.20. The van der Waals surface area contributed by atoms with Gasteiger partial charge < -0.3 is 0 Å². The molecule has 1 heterocycles. The van der Waals surface area contributed by atoms with Crippen molar-refractivity contribution in [3.63, 3.8) is 0 Å². The molecule has 0 aliphatic rings. The van der Waals surface area contributed by atoms with E-state index in [1.807, 2.05) is 30.5 Å². The third-order valence-electron chi connectivity index (χ3n) is 2.69. The van der Waals surface area contributed by atoms with E-state index < -0.39 is 0 Å². The fourth-order valence-electron chi connectivity index (χ4n) is 1.81. The number of benzene rings is 1. The molecule has 98 valence electrons. The smallest absolute Gasteiger partial charge is 0.0717 e. The van der Waals surface area contributed by atoms with E-state index in [0.717, 1.165) is 11.3 Å². The molecule has 2 aromatic rings. The summed E-state index contributed by atoms with van der Waals surface area (Å²) in [7, 11) is 1.61. The van der Waals surface area contributed by atoms with Crippen LogP contribution in [0.2, 0.25) is 0 Å². The van der Waals surface area contributed by atoms with Crippen LogP contribution in [-0.2, 0) is 4.84 Å². The Morgan fingerprint density at radius 1 is 1.32 bits per heavy atom. The Balaban J connectivity index is 2.20. The van der Waals surface area contributed by atoms with Crippen LogP contribution in [0.3, 0.4) is 0 Å². The molecule has 3 heteroatoms. The fourth-order valence-corrected chi connectivity index (χ4v) is 2.54. The monoisotopic (exact) mass is 271 g/mol. The molecule has 0 amide bonds. The second kappa shape index (κ2) is 6.36. The van der Waals surface area contributed by atoms with Gasteiger partial charge in [0.1, 0.15) is 0 Å². The summed E-state index contributed by atoms with van der Waals surface area (Å²) in [6.07, 6.45) is 4.22. The minimum Gasteiger partial charge on any atom is -0.279 e. The van der Waals surface area contributed by atoms with Gasteiger partial charge in [0.05, 0.1) is 12.8 Å². The SMILES string of the molecule is C=C(C)c1ccccc1/C=C/c1cc(NOC)cs1. The number of hydrogen-bond donors (Lipinski definition) is 1. The molecule has 0 unspecified atom stereocenters. The Kier molecular flexibility index (Phi) is 4.55. The number of rotatable bonds is 5. The van der Waals surface area contributed by atoms with E-state index in [1.54, 1.807) is 18.4 Å². The van der Waals surface area contributed by atoms with Crippen molar-refractivity contribution in [2.45, 2.75) is 6.92 Å². The quantitative estimate of drug-likeness (QED) is 0.779. The molecule has 1 N–H and O–H groups in total. The van der Waals surface area contributed by atoms with Gasteiger partial charge in [-0.25, -0.2) is 0 Å². The van der Waals surface area contributed by atoms with Gasteiger partial charge >= 0.3 is 0 Å². The van der Waals surface area contributed by atoms with Gasteiger partial charge in [-0.1, -0.05) is 42.5 Å². The third-order valence-corrected chi connectivity index (χ3v) is 3.59. The maximum atomic E-state index is 4.88. The highest BCUT2D eigenvalue weighted by atomic mass is 32.1. The predicted octanol–water partition coefficient (Wildman–Crippen LogP) is 4.92. The molecule has 0 bridgehead atoms. The second-order valence-electron chi connectivity index (χ2n) is 4.24. The van der Waals surface area contributed by atoms with Crippen molar-refractivity contribution in [2.24, 2.45) is 0 Å². The molecule has 0 saturated heterocycles. The maximum Gasteiger partial charge on any atom is 0.0717 e. The molecule has 0 aliphatic heterocycles. The lowest BCUT2D eigenvalue weighted by Crippen LogP contribution is -1.92. The normalized spacial score (nSPS) is 10.8. The second-order valence-corrected chi connectivity index (χ2v) is 5.19. The number of anilines is 1. The van der Waals surface area contributed by atoms with Crippen molar-refractivity contribution in [2.75, 3.05) is 12.6 Å². The largest absolute Gasteiger partial charge is 0.279 e. The Hall–Kier alpha value is -1.84. The summed E-state index contributed by atoms with van der Waals surface area (Å²) in [5.74, 6) is 0. The highest BCUT2D eigenvalue weighted by Crippen LogP contribution is 2.23. The van der Waals surface area contributed by atoms with Crippen LogP contribution in [0.4, 0.5) is 5.69 Å². The van der Waals surface area contributed by atoms with E-state index in [1.165, 1.54) is 16.0 Å². The lowest BCUT2D eigenvalue weighted by Gasteiger charge is -2.04. The number of hydrogen-bond acceptors (Lipinski definition) is 3. The van der Waals surface area contributed by atoms with Gasteiger partial charge in [0.15, 0.2) is 0 Å². The minimum absolute atomic E-state index is 0.973. The standard InChI is InChI=1S/C16H17NOS/c1-12(2)16-7-5-4-6-13(16)8-9-15-10-14(11-19-15)17-18-3/h4-11,17H,1H2,2-3H3/b9-8+. The summed E-state index contributed by atoms with van der Waals surface area (Å²) >= 11 is 1.67. The molecule has 0 atom stereocenters. The van der Waals surface area contributed by atoms with Crippen LogP contribution in [0.25, 0.3) is 17.7 Å². The predicted molar refractivity (Wildman–Crippen MR) is 85.0 cm³/mol. The molecule has 0 spiro atoms. The third kappa shape index (κ3) is 3.56. The highest BCUT2D eigenvalue weighted by molar-refractivity contribution is 7.11. The van der Waals surface area contributed by atoms with Crippen molar-refractivity contribution in [3.05, 3.63) is 58.3 Å². The molecule has 0 fully saturated rings. The molecular formula is C16H17NOS. The van der Waals surface area contributed by atoms with Gasteiger partial charge in [-0.15, -0.1) is 11.3 Å². The van der Waals surface area contributed by atoms with Gasteiger partial charge in [-0.3, -0.25) is 10.3 Å². The van der Waals surface area contributed by atoms with Gasteiger partial charge in [0.25, 0.3) is 0 Å². The Labute approximate surface area is 118 Å². The summed E-state index contributed by atoms with van der Waals surface area (Å²) in [4.78, 5) is 6.05. The first-order valence-corrected chi connectivity index (χ1v) is 6.89. The molecule has 1 aromatic carbocycles. The average molecular weight is 271 g/mol. The lowest BCUT2D eigenvalue weighted by molar-refractivity contribution is 0.271. The van der Waals surface area contributed by atoms with Crippen LogP contribution in [0.15, 0.2) is 42.3 Å². The summed E-state index contributed by atoms with van der Waals surface area (Å²) in [6, 6.07) is 10.3. The summed E-state index contributed by atoms with van der Waals surface area (Å²) in [5, 5.41) is 2.02. The zero-order valence-corrected chi connectivity index (χ0v) is 12.0. The van der Waals surface area contributed by atoms with E-state index in [0.29, 0.717) is 0 Å². The average Bonchev–Trinajstić information content (AvgIpc) is 2.85. The lowest BCUT2D eigenvalue weighted by atomic mass is 10.0. The summed E-state index contributed by atoms with van der Waals surface area (Å²) in [6.45, 7) is 6.04. The number of allylic oxidation sites excluding steroid dienone is 1. The molecule has 19 heavy (non-hydrogen) atoms. The maximum absolute atomic E-state index is 4.88. The van der Waals surface area contributed by atoms with Gasteiger partial charge in [0.2, 0.25) is 0 Å². The molecular weight excluding hydrogens is 254 g/mol. The molecule has 1 aromatic heterocycles. The van der Waals surface area contributed by atoms with Crippen LogP contribution in [0.1, 0.15) is 22.9 Å². The van der Waals surface area contributed by atoms with Crippen LogP contribution in [0.5, 0.6) is 0 Å². The van der Waals surface area contributed by atoms with Gasteiger partial charge in [0, 0.05) is 10.3 Å². The first kappa shape index (κ1) is 13.6. The first-order valence-electron chi connectivity index (χ1n) is 6.01. The van der Waals surface area contributed by atoms with Crippen molar-refractivity contribution < 1.29 is 4.84 Å². The number of thiophene rings is 1. The zero-order chi connectivity index (χ0) is 13.7. The van der Waals surface area contributed by atoms with Crippen molar-refractivity contribution in [3.8, 4) is 0 Å². The Bertz CT molecular complexity index is 598. The molecule has 2 rings (SSSR count). The van der Waals surface area contributed by atoms with Crippen molar-refractivity contribution >= 4 is 34.7 Å². The van der Waals surface area contributed by atoms with Crippen molar-refractivity contribution in [1.29, 1.82) is 0 Å². The zero-order valence-electron chi connectivity index (χ0n) is 11.1. The molecule has 0 radical (unpaired) electrons. The highest BCUT2D eigenvalue weighted by Gasteiger charge is 1.99. The Morgan fingerprint density at radius 2 is 2.11 bits per heavy atom. The Morgan fingerprint density at radius 3 is 2.84 bits per heavy atom. The van der Waals surface area contributed by atoms with Gasteiger partial charge in [-0.05, 0) is 30.2 Å². The van der Waals surface area contributed by atoms with Crippen LogP contribution in [0, 0.1) is 0 Å². The summed E-state index contributed by atoms with van der Waals surface area (Å²) < 4.78 is 0. The van der Waals surface area contributed by atoms with E-state index in [4.69, 9.17) is 4.84 Å².